The van der Waals surface area contributed by atoms with Crippen LogP contribution in [-0.4, -0.2) is 22.6 Å². The van der Waals surface area contributed by atoms with Gasteiger partial charge in [0, 0.05) is 24.4 Å². The van der Waals surface area contributed by atoms with Crippen LogP contribution in [0.3, 0.4) is 0 Å². The van der Waals surface area contributed by atoms with Crippen molar-refractivity contribution in [2.45, 2.75) is 31.9 Å². The van der Waals surface area contributed by atoms with Gasteiger partial charge in [-0.2, -0.15) is 0 Å². The standard InChI is InChI=1S/C20H19N3O5/c1-12-16(22(24)25)11-13-9-10-20(28-18(13)17(12)23(26)27)19(2,3)14-7-5-6-8-15(14)21(20)4/h5-11H,1-4H3. The number of ether oxygens (including phenoxy) is 1. The number of nitro groups is 2. The van der Waals surface area contributed by atoms with Crippen molar-refractivity contribution < 1.29 is 14.6 Å². The van der Waals surface area contributed by atoms with Crippen molar-refractivity contribution in [3.63, 3.8) is 0 Å². The molecule has 0 bridgehead atoms. The van der Waals surface area contributed by atoms with Gasteiger partial charge in [-0.25, -0.2) is 0 Å². The molecule has 28 heavy (non-hydrogen) atoms. The molecule has 1 spiro atoms. The SMILES string of the molecule is Cc1c([N+](=O)[O-])cc2c(c1[N+](=O)[O-])OC1(C=C2)N(C)c2ccccc2C1(C)C. The molecule has 2 heterocycles. The van der Waals surface area contributed by atoms with Gasteiger partial charge < -0.3 is 9.64 Å². The molecule has 1 unspecified atom stereocenters. The van der Waals surface area contributed by atoms with Crippen LogP contribution < -0.4 is 9.64 Å². The number of nitro benzene ring substituents is 2. The second-order valence-electron chi connectivity index (χ2n) is 7.63. The van der Waals surface area contributed by atoms with Gasteiger partial charge in [-0.3, -0.25) is 20.2 Å². The predicted octanol–water partition coefficient (Wildman–Crippen LogP) is 4.34. The maximum Gasteiger partial charge on any atom is 0.321 e. The molecule has 0 aliphatic carbocycles. The molecule has 8 heteroatoms. The van der Waals surface area contributed by atoms with E-state index >= 15 is 0 Å². The first-order chi connectivity index (χ1) is 13.1. The zero-order chi connectivity index (χ0) is 20.4. The van der Waals surface area contributed by atoms with Gasteiger partial charge in [0.2, 0.25) is 11.5 Å². The molecule has 0 fully saturated rings. The van der Waals surface area contributed by atoms with Gasteiger partial charge in [0.15, 0.2) is 0 Å². The third-order valence-corrected chi connectivity index (χ3v) is 5.97. The third-order valence-electron chi connectivity index (χ3n) is 5.97. The summed E-state index contributed by atoms with van der Waals surface area (Å²) in [5, 5.41) is 23.1. The molecule has 144 valence electrons. The molecule has 2 aromatic carbocycles. The van der Waals surface area contributed by atoms with E-state index in [1.54, 1.807) is 6.08 Å². The first-order valence-electron chi connectivity index (χ1n) is 8.80. The van der Waals surface area contributed by atoms with Crippen LogP contribution in [0.2, 0.25) is 0 Å². The van der Waals surface area contributed by atoms with Crippen molar-refractivity contribution in [2.24, 2.45) is 0 Å². The smallest absolute Gasteiger partial charge is 0.321 e. The lowest BCUT2D eigenvalue weighted by Gasteiger charge is -2.45. The number of anilines is 1. The van der Waals surface area contributed by atoms with Crippen LogP contribution in [0.4, 0.5) is 17.1 Å². The third kappa shape index (κ3) is 2.05. The molecule has 2 aliphatic heterocycles. The monoisotopic (exact) mass is 381 g/mol. The normalized spacial score (nSPS) is 21.2. The minimum Gasteiger partial charge on any atom is -0.456 e. The Morgan fingerprint density at radius 3 is 2.39 bits per heavy atom. The highest BCUT2D eigenvalue weighted by atomic mass is 16.6. The van der Waals surface area contributed by atoms with Crippen molar-refractivity contribution in [1.29, 1.82) is 0 Å². The highest BCUT2D eigenvalue weighted by Crippen LogP contribution is 2.56. The zero-order valence-corrected chi connectivity index (χ0v) is 15.9. The molecule has 2 aliphatic rings. The van der Waals surface area contributed by atoms with Crippen molar-refractivity contribution in [1.82, 2.24) is 0 Å². The van der Waals surface area contributed by atoms with Crippen LogP contribution in [0, 0.1) is 27.2 Å². The zero-order valence-electron chi connectivity index (χ0n) is 15.9. The average molecular weight is 381 g/mol. The molecule has 0 aromatic heterocycles. The quantitative estimate of drug-likeness (QED) is 0.567. The van der Waals surface area contributed by atoms with Gasteiger partial charge in [-0.15, -0.1) is 0 Å². The fourth-order valence-corrected chi connectivity index (χ4v) is 4.38. The lowest BCUT2D eigenvalue weighted by atomic mass is 9.76. The Morgan fingerprint density at radius 2 is 1.79 bits per heavy atom. The Labute approximate surface area is 161 Å². The van der Waals surface area contributed by atoms with Gasteiger partial charge in [0.25, 0.3) is 5.69 Å². The summed E-state index contributed by atoms with van der Waals surface area (Å²) in [5.74, 6) is 0.0586. The molecule has 8 nitrogen and oxygen atoms in total. The van der Waals surface area contributed by atoms with Crippen LogP contribution in [0.15, 0.2) is 36.4 Å². The van der Waals surface area contributed by atoms with E-state index < -0.39 is 21.0 Å². The van der Waals surface area contributed by atoms with E-state index in [2.05, 4.69) is 0 Å². The maximum atomic E-state index is 11.8. The molecule has 0 saturated heterocycles. The van der Waals surface area contributed by atoms with Crippen LogP contribution in [0.5, 0.6) is 5.75 Å². The molecular formula is C20H19N3O5. The Bertz CT molecular complexity index is 1080. The van der Waals surface area contributed by atoms with Crippen LogP contribution in [0.25, 0.3) is 6.08 Å². The Kier molecular flexibility index (Phi) is 3.56. The second kappa shape index (κ2) is 5.54. The summed E-state index contributed by atoms with van der Waals surface area (Å²) in [5.41, 5.74) is 0.177. The number of benzene rings is 2. The minimum absolute atomic E-state index is 0.0184. The summed E-state index contributed by atoms with van der Waals surface area (Å²) >= 11 is 0. The summed E-state index contributed by atoms with van der Waals surface area (Å²) in [6, 6.07) is 9.21. The van der Waals surface area contributed by atoms with Crippen molar-refractivity contribution in [3.8, 4) is 5.75 Å². The Hall–Kier alpha value is -3.42. The van der Waals surface area contributed by atoms with Gasteiger partial charge in [-0.05, 0) is 44.6 Å². The fraction of sp³-hybridized carbons (Fsp3) is 0.300. The van der Waals surface area contributed by atoms with Gasteiger partial charge in [0.1, 0.15) is 5.56 Å². The van der Waals surface area contributed by atoms with Crippen LogP contribution in [-0.2, 0) is 5.41 Å². The summed E-state index contributed by atoms with van der Waals surface area (Å²) in [6.45, 7) is 5.42. The summed E-state index contributed by atoms with van der Waals surface area (Å²) in [6.07, 6.45) is 3.51. The van der Waals surface area contributed by atoms with Crippen molar-refractivity contribution >= 4 is 23.1 Å². The number of nitrogens with zero attached hydrogens (tertiary/aromatic N) is 3. The number of hydrogen-bond acceptors (Lipinski definition) is 6. The molecule has 0 radical (unpaired) electrons. The minimum atomic E-state index is -0.989. The molecule has 0 saturated carbocycles. The lowest BCUT2D eigenvalue weighted by Crippen LogP contribution is -2.58. The molecule has 0 amide bonds. The van der Waals surface area contributed by atoms with E-state index in [1.165, 1.54) is 13.0 Å². The first kappa shape index (κ1) is 18.0. The van der Waals surface area contributed by atoms with Crippen LogP contribution >= 0.6 is 0 Å². The number of rotatable bonds is 2. The van der Waals surface area contributed by atoms with Gasteiger partial charge in [0.05, 0.1) is 15.3 Å². The first-order valence-corrected chi connectivity index (χ1v) is 8.80. The van der Waals surface area contributed by atoms with Crippen molar-refractivity contribution in [2.75, 3.05) is 11.9 Å². The topological polar surface area (TPSA) is 98.8 Å². The van der Waals surface area contributed by atoms with E-state index in [4.69, 9.17) is 4.74 Å². The Morgan fingerprint density at radius 1 is 1.11 bits per heavy atom. The Balaban J connectivity index is 1.96. The predicted molar refractivity (Wildman–Crippen MR) is 105 cm³/mol. The van der Waals surface area contributed by atoms with E-state index in [9.17, 15) is 20.2 Å². The fourth-order valence-electron chi connectivity index (χ4n) is 4.38. The number of likely N-dealkylation sites (N-methyl/N-ethyl adjacent to an activating group) is 1. The molecule has 0 N–H and O–H groups in total. The summed E-state index contributed by atoms with van der Waals surface area (Å²) in [4.78, 5) is 23.9. The van der Waals surface area contributed by atoms with E-state index in [-0.39, 0.29) is 22.7 Å². The van der Waals surface area contributed by atoms with Gasteiger partial charge in [-0.1, -0.05) is 18.2 Å². The van der Waals surface area contributed by atoms with Crippen molar-refractivity contribution in [3.05, 3.63) is 73.3 Å². The second-order valence-corrected chi connectivity index (χ2v) is 7.63. The highest BCUT2D eigenvalue weighted by Gasteiger charge is 2.58. The number of hydrogen-bond donors (Lipinski definition) is 0. The molecule has 2 aromatic rings. The number of fused-ring (bicyclic) bond motifs is 2. The highest BCUT2D eigenvalue weighted by molar-refractivity contribution is 5.78. The van der Waals surface area contributed by atoms with E-state index in [0.717, 1.165) is 11.3 Å². The molecular weight excluding hydrogens is 362 g/mol. The van der Waals surface area contributed by atoms with Crippen LogP contribution in [0.1, 0.15) is 30.5 Å². The van der Waals surface area contributed by atoms with E-state index in [1.807, 2.05) is 56.1 Å². The summed E-state index contributed by atoms with van der Waals surface area (Å²) < 4.78 is 6.37. The molecule has 4 rings (SSSR count). The largest absolute Gasteiger partial charge is 0.456 e. The lowest BCUT2D eigenvalue weighted by molar-refractivity contribution is -0.396. The molecule has 1 atom stereocenters. The van der Waals surface area contributed by atoms with E-state index in [0.29, 0.717) is 5.56 Å². The number of para-hydroxylation sites is 1. The summed E-state index contributed by atoms with van der Waals surface area (Å²) in [7, 11) is 1.88. The average Bonchev–Trinajstić information content (AvgIpc) is 2.80. The maximum absolute atomic E-state index is 11.8. The van der Waals surface area contributed by atoms with Gasteiger partial charge >= 0.3 is 5.69 Å².